The molecule has 4 nitrogen and oxygen atoms in total. The first-order chi connectivity index (χ1) is 8.82. The molecule has 1 rings (SSSR count). The zero-order valence-electron chi connectivity index (χ0n) is 11.3. The Morgan fingerprint density at radius 2 is 2.00 bits per heavy atom. The zero-order valence-corrected chi connectivity index (χ0v) is 11.3. The molecule has 0 radical (unpaired) electrons. The number of amides is 1. The first kappa shape index (κ1) is 15.1. The van der Waals surface area contributed by atoms with Gasteiger partial charge in [-0.05, 0) is 24.6 Å². The van der Waals surface area contributed by atoms with Gasteiger partial charge in [0.2, 0.25) is 5.91 Å². The highest BCUT2D eigenvalue weighted by Gasteiger charge is 2.22. The summed E-state index contributed by atoms with van der Waals surface area (Å²) in [5.41, 5.74) is 0.583. The van der Waals surface area contributed by atoms with Crippen molar-refractivity contribution in [1.82, 2.24) is 4.90 Å². The number of carboxylic acids is 1. The van der Waals surface area contributed by atoms with Gasteiger partial charge in [0, 0.05) is 13.6 Å². The summed E-state index contributed by atoms with van der Waals surface area (Å²) in [4.78, 5) is 24.2. The lowest BCUT2D eigenvalue weighted by atomic mass is 9.99. The molecule has 0 bridgehead atoms. The second-order valence-corrected chi connectivity index (χ2v) is 4.73. The molecule has 0 aliphatic rings. The molecular formula is C14H18FNO3. The predicted molar refractivity (Wildman–Crippen MR) is 69.3 cm³/mol. The van der Waals surface area contributed by atoms with Crippen molar-refractivity contribution < 1.29 is 19.1 Å². The third-order valence-corrected chi connectivity index (χ3v) is 3.06. The molecule has 0 saturated carbocycles. The third kappa shape index (κ3) is 4.05. The summed E-state index contributed by atoms with van der Waals surface area (Å²) in [6, 6.07) is 5.86. The van der Waals surface area contributed by atoms with Crippen molar-refractivity contribution in [1.29, 1.82) is 0 Å². The topological polar surface area (TPSA) is 57.6 Å². The molecule has 104 valence electrons. The summed E-state index contributed by atoms with van der Waals surface area (Å²) >= 11 is 0. The van der Waals surface area contributed by atoms with Crippen LogP contribution in [0.15, 0.2) is 24.3 Å². The molecule has 5 heteroatoms. The van der Waals surface area contributed by atoms with Crippen molar-refractivity contribution in [3.8, 4) is 0 Å². The van der Waals surface area contributed by atoms with Gasteiger partial charge in [-0.3, -0.25) is 9.59 Å². The Labute approximate surface area is 111 Å². The van der Waals surface area contributed by atoms with E-state index in [1.54, 1.807) is 33.0 Å². The molecule has 0 saturated heterocycles. The molecule has 0 heterocycles. The maximum absolute atomic E-state index is 13.1. The van der Waals surface area contributed by atoms with Crippen LogP contribution >= 0.6 is 0 Å². The minimum Gasteiger partial charge on any atom is -0.481 e. The van der Waals surface area contributed by atoms with E-state index in [-0.39, 0.29) is 12.5 Å². The summed E-state index contributed by atoms with van der Waals surface area (Å²) in [5, 5.41) is 8.82. The molecule has 0 aliphatic carbocycles. The SMILES string of the molecule is CC(CN(C)C(=O)C(C)c1cccc(F)c1)C(=O)O. The lowest BCUT2D eigenvalue weighted by Crippen LogP contribution is -2.36. The lowest BCUT2D eigenvalue weighted by molar-refractivity contribution is -0.142. The summed E-state index contributed by atoms with van der Waals surface area (Å²) in [5.74, 6) is -2.69. The van der Waals surface area contributed by atoms with E-state index in [0.29, 0.717) is 5.56 Å². The average Bonchev–Trinajstić information content (AvgIpc) is 2.36. The van der Waals surface area contributed by atoms with Gasteiger partial charge in [0.1, 0.15) is 5.82 Å². The standard InChI is InChI=1S/C14H18FNO3/c1-9(14(18)19)8-16(3)13(17)10(2)11-5-4-6-12(15)7-11/h4-7,9-10H,8H2,1-3H3,(H,18,19). The fourth-order valence-corrected chi connectivity index (χ4v) is 1.83. The Kier molecular flexibility index (Phi) is 5.03. The van der Waals surface area contributed by atoms with Crippen LogP contribution in [0, 0.1) is 11.7 Å². The molecule has 2 unspecified atom stereocenters. The molecule has 1 N–H and O–H groups in total. The van der Waals surface area contributed by atoms with Gasteiger partial charge in [-0.2, -0.15) is 0 Å². The van der Waals surface area contributed by atoms with Crippen LogP contribution in [0.5, 0.6) is 0 Å². The molecule has 19 heavy (non-hydrogen) atoms. The molecule has 0 fully saturated rings. The summed E-state index contributed by atoms with van der Waals surface area (Å²) in [6.45, 7) is 3.35. The van der Waals surface area contributed by atoms with Crippen molar-refractivity contribution in [3.63, 3.8) is 0 Å². The minimum atomic E-state index is -0.946. The fourth-order valence-electron chi connectivity index (χ4n) is 1.83. The monoisotopic (exact) mass is 267 g/mol. The smallest absolute Gasteiger partial charge is 0.308 e. The van der Waals surface area contributed by atoms with Crippen LogP contribution in [0.1, 0.15) is 25.3 Å². The van der Waals surface area contributed by atoms with E-state index in [1.807, 2.05) is 0 Å². The third-order valence-electron chi connectivity index (χ3n) is 3.06. The van der Waals surface area contributed by atoms with Crippen molar-refractivity contribution in [3.05, 3.63) is 35.6 Å². The molecule has 1 aromatic carbocycles. The largest absolute Gasteiger partial charge is 0.481 e. The van der Waals surface area contributed by atoms with Crippen molar-refractivity contribution in [2.75, 3.05) is 13.6 Å². The number of carbonyl (C=O) groups is 2. The van der Waals surface area contributed by atoms with E-state index < -0.39 is 23.6 Å². The molecule has 2 atom stereocenters. The van der Waals surface area contributed by atoms with E-state index in [2.05, 4.69) is 0 Å². The van der Waals surface area contributed by atoms with Crippen molar-refractivity contribution in [2.45, 2.75) is 19.8 Å². The van der Waals surface area contributed by atoms with Gasteiger partial charge in [-0.1, -0.05) is 19.1 Å². The summed E-state index contributed by atoms with van der Waals surface area (Å²) in [6.07, 6.45) is 0. The van der Waals surface area contributed by atoms with Crippen LogP contribution in [0.3, 0.4) is 0 Å². The van der Waals surface area contributed by atoms with E-state index in [9.17, 15) is 14.0 Å². The Morgan fingerprint density at radius 3 is 2.53 bits per heavy atom. The minimum absolute atomic E-state index is 0.133. The van der Waals surface area contributed by atoms with Gasteiger partial charge >= 0.3 is 5.97 Å². The molecule has 0 spiro atoms. The van der Waals surface area contributed by atoms with Crippen LogP contribution in [0.4, 0.5) is 4.39 Å². The van der Waals surface area contributed by atoms with Gasteiger partial charge in [0.15, 0.2) is 0 Å². The summed E-state index contributed by atoms with van der Waals surface area (Å²) < 4.78 is 13.1. The number of carboxylic acid groups (broad SMARTS) is 1. The fraction of sp³-hybridized carbons (Fsp3) is 0.429. The highest BCUT2D eigenvalue weighted by atomic mass is 19.1. The molecule has 0 aromatic heterocycles. The molecule has 1 aromatic rings. The number of nitrogens with zero attached hydrogens (tertiary/aromatic N) is 1. The lowest BCUT2D eigenvalue weighted by Gasteiger charge is -2.23. The van der Waals surface area contributed by atoms with Gasteiger partial charge < -0.3 is 10.0 Å². The first-order valence-corrected chi connectivity index (χ1v) is 6.06. The number of halogens is 1. The highest BCUT2D eigenvalue weighted by Crippen LogP contribution is 2.18. The number of rotatable bonds is 5. The number of likely N-dealkylation sites (N-methyl/N-ethyl adjacent to an activating group) is 1. The maximum atomic E-state index is 13.1. The predicted octanol–water partition coefficient (Wildman–Crippen LogP) is 2.11. The van der Waals surface area contributed by atoms with Gasteiger partial charge in [0.05, 0.1) is 11.8 Å². The Morgan fingerprint density at radius 1 is 1.37 bits per heavy atom. The van der Waals surface area contributed by atoms with Gasteiger partial charge in [-0.15, -0.1) is 0 Å². The van der Waals surface area contributed by atoms with Gasteiger partial charge in [-0.25, -0.2) is 4.39 Å². The Hall–Kier alpha value is -1.91. The van der Waals surface area contributed by atoms with Gasteiger partial charge in [0.25, 0.3) is 0 Å². The molecule has 1 amide bonds. The summed E-state index contributed by atoms with van der Waals surface area (Å²) in [7, 11) is 1.55. The number of carbonyl (C=O) groups excluding carboxylic acids is 1. The maximum Gasteiger partial charge on any atom is 0.308 e. The Bertz CT molecular complexity index is 476. The molecule has 0 aliphatic heterocycles. The number of hydrogen-bond donors (Lipinski definition) is 1. The number of hydrogen-bond acceptors (Lipinski definition) is 2. The second-order valence-electron chi connectivity index (χ2n) is 4.73. The Balaban J connectivity index is 2.74. The van der Waals surface area contributed by atoms with E-state index in [4.69, 9.17) is 5.11 Å². The van der Waals surface area contributed by atoms with Crippen LogP contribution in [-0.4, -0.2) is 35.5 Å². The zero-order chi connectivity index (χ0) is 14.6. The van der Waals surface area contributed by atoms with Crippen LogP contribution < -0.4 is 0 Å². The first-order valence-electron chi connectivity index (χ1n) is 6.06. The van der Waals surface area contributed by atoms with Crippen molar-refractivity contribution >= 4 is 11.9 Å². The average molecular weight is 267 g/mol. The van der Waals surface area contributed by atoms with E-state index in [0.717, 1.165) is 0 Å². The van der Waals surface area contributed by atoms with Crippen LogP contribution in [0.2, 0.25) is 0 Å². The molecular weight excluding hydrogens is 249 g/mol. The number of benzene rings is 1. The number of aliphatic carboxylic acids is 1. The second kappa shape index (κ2) is 6.31. The van der Waals surface area contributed by atoms with Crippen LogP contribution in [-0.2, 0) is 9.59 Å². The highest BCUT2D eigenvalue weighted by molar-refractivity contribution is 5.83. The van der Waals surface area contributed by atoms with E-state index >= 15 is 0 Å². The van der Waals surface area contributed by atoms with Crippen LogP contribution in [0.25, 0.3) is 0 Å². The van der Waals surface area contributed by atoms with Crippen molar-refractivity contribution in [2.24, 2.45) is 5.92 Å². The quantitative estimate of drug-likeness (QED) is 0.889. The normalized spacial score (nSPS) is 13.7. The van der Waals surface area contributed by atoms with E-state index in [1.165, 1.54) is 17.0 Å².